The Kier molecular flexibility index (Phi) is 4.72. The Morgan fingerprint density at radius 3 is 2.88 bits per heavy atom. The van der Waals surface area contributed by atoms with E-state index in [0.29, 0.717) is 13.2 Å². The number of ether oxygens (including phenoxy) is 1. The summed E-state index contributed by atoms with van der Waals surface area (Å²) in [4.78, 5) is 21.9. The normalized spacial score (nSPS) is 10.3. The van der Waals surface area contributed by atoms with E-state index in [1.807, 2.05) is 0 Å². The van der Waals surface area contributed by atoms with E-state index < -0.39 is 11.4 Å². The number of unbranched alkanes of at least 4 members (excludes halogenated alkanes) is 1. The lowest BCUT2D eigenvalue weighted by Gasteiger charge is -2.06. The minimum atomic E-state index is -1.18. The van der Waals surface area contributed by atoms with Crippen LogP contribution in [0.2, 0.25) is 0 Å². The van der Waals surface area contributed by atoms with Crippen LogP contribution in [-0.4, -0.2) is 29.4 Å². The summed E-state index contributed by atoms with van der Waals surface area (Å²) in [6, 6.07) is 1.28. The third-order valence-corrected chi connectivity index (χ3v) is 2.22. The Bertz CT molecular complexity index is 411. The number of pyridine rings is 1. The Labute approximate surface area is 93.3 Å². The molecule has 1 heterocycles. The van der Waals surface area contributed by atoms with Crippen molar-refractivity contribution in [3.8, 4) is 0 Å². The van der Waals surface area contributed by atoms with Gasteiger partial charge in [0.25, 0.3) is 0 Å². The molecule has 0 aliphatic carbocycles. The minimum Gasteiger partial charge on any atom is -0.477 e. The summed E-state index contributed by atoms with van der Waals surface area (Å²) in [5.41, 5.74) is -0.644. The van der Waals surface area contributed by atoms with E-state index in [4.69, 9.17) is 9.84 Å². The minimum absolute atomic E-state index is 0.186. The first-order chi connectivity index (χ1) is 7.65. The average molecular weight is 225 g/mol. The zero-order valence-corrected chi connectivity index (χ0v) is 9.18. The molecule has 16 heavy (non-hydrogen) atoms. The fourth-order valence-electron chi connectivity index (χ4n) is 1.37. The van der Waals surface area contributed by atoms with E-state index in [1.165, 1.54) is 12.3 Å². The molecule has 1 N–H and O–H groups in total. The molecule has 0 bridgehead atoms. The maximum absolute atomic E-state index is 11.2. The molecule has 5 nitrogen and oxygen atoms in total. The summed E-state index contributed by atoms with van der Waals surface area (Å²) in [7, 11) is 1.64. The number of hydrogen-bond donors (Lipinski definition) is 1. The van der Waals surface area contributed by atoms with Crippen LogP contribution < -0.4 is 5.43 Å². The van der Waals surface area contributed by atoms with E-state index in [1.54, 1.807) is 17.9 Å². The van der Waals surface area contributed by atoms with Gasteiger partial charge in [-0.25, -0.2) is 4.79 Å². The number of aromatic carboxylic acids is 1. The van der Waals surface area contributed by atoms with Gasteiger partial charge in [-0.3, -0.25) is 4.79 Å². The maximum Gasteiger partial charge on any atom is 0.341 e. The van der Waals surface area contributed by atoms with E-state index in [9.17, 15) is 9.59 Å². The van der Waals surface area contributed by atoms with Crippen LogP contribution >= 0.6 is 0 Å². The molecule has 0 spiro atoms. The lowest BCUT2D eigenvalue weighted by Crippen LogP contribution is -2.16. The molecular weight excluding hydrogens is 210 g/mol. The maximum atomic E-state index is 11.2. The van der Waals surface area contributed by atoms with Crippen molar-refractivity contribution < 1.29 is 14.6 Å². The molecule has 88 valence electrons. The van der Waals surface area contributed by atoms with Crippen LogP contribution in [0.15, 0.2) is 23.3 Å². The lowest BCUT2D eigenvalue weighted by molar-refractivity contribution is 0.0694. The van der Waals surface area contributed by atoms with Gasteiger partial charge in [0, 0.05) is 38.7 Å². The highest BCUT2D eigenvalue weighted by atomic mass is 16.5. The number of rotatable bonds is 6. The predicted molar refractivity (Wildman–Crippen MR) is 58.8 cm³/mol. The second-order valence-corrected chi connectivity index (χ2v) is 3.47. The third-order valence-electron chi connectivity index (χ3n) is 2.22. The van der Waals surface area contributed by atoms with Crippen LogP contribution in [0.3, 0.4) is 0 Å². The second kappa shape index (κ2) is 6.07. The molecule has 1 aromatic heterocycles. The molecule has 1 rings (SSSR count). The van der Waals surface area contributed by atoms with Crippen LogP contribution in [0.25, 0.3) is 0 Å². The Morgan fingerprint density at radius 2 is 2.25 bits per heavy atom. The molecule has 0 aliphatic rings. The highest BCUT2D eigenvalue weighted by molar-refractivity contribution is 5.86. The zero-order valence-electron chi connectivity index (χ0n) is 9.18. The number of nitrogens with zero attached hydrogens (tertiary/aromatic N) is 1. The van der Waals surface area contributed by atoms with Crippen LogP contribution in [0.5, 0.6) is 0 Å². The van der Waals surface area contributed by atoms with Gasteiger partial charge in [0.2, 0.25) is 0 Å². The number of hydrogen-bond acceptors (Lipinski definition) is 3. The summed E-state index contributed by atoms with van der Waals surface area (Å²) < 4.78 is 6.62. The van der Waals surface area contributed by atoms with Crippen molar-refractivity contribution in [1.82, 2.24) is 4.57 Å². The average Bonchev–Trinajstić information content (AvgIpc) is 2.26. The summed E-state index contributed by atoms with van der Waals surface area (Å²) in [5, 5.41) is 8.77. The molecule has 1 aromatic rings. The second-order valence-electron chi connectivity index (χ2n) is 3.47. The topological polar surface area (TPSA) is 68.5 Å². The monoisotopic (exact) mass is 225 g/mol. The van der Waals surface area contributed by atoms with E-state index in [-0.39, 0.29) is 5.56 Å². The van der Waals surface area contributed by atoms with Gasteiger partial charge in [-0.2, -0.15) is 0 Å². The highest BCUT2D eigenvalue weighted by Crippen LogP contribution is 1.98. The Hall–Kier alpha value is -1.62. The zero-order chi connectivity index (χ0) is 12.0. The van der Waals surface area contributed by atoms with Gasteiger partial charge in [-0.1, -0.05) is 0 Å². The van der Waals surface area contributed by atoms with Crippen molar-refractivity contribution >= 4 is 5.97 Å². The summed E-state index contributed by atoms with van der Waals surface area (Å²) >= 11 is 0. The SMILES string of the molecule is COCCCCn1ccc(=O)c(C(=O)O)c1. The number of carboxylic acids is 1. The quantitative estimate of drug-likeness (QED) is 0.732. The lowest BCUT2D eigenvalue weighted by atomic mass is 10.2. The van der Waals surface area contributed by atoms with Gasteiger partial charge in [0.05, 0.1) is 0 Å². The Morgan fingerprint density at radius 1 is 1.50 bits per heavy atom. The van der Waals surface area contributed by atoms with Crippen molar-refractivity contribution in [2.45, 2.75) is 19.4 Å². The fraction of sp³-hybridized carbons (Fsp3) is 0.455. The van der Waals surface area contributed by atoms with Gasteiger partial charge in [0.1, 0.15) is 5.56 Å². The van der Waals surface area contributed by atoms with Crippen molar-refractivity contribution in [3.63, 3.8) is 0 Å². The standard InChI is InChI=1S/C11H15NO4/c1-16-7-3-2-5-12-6-4-10(13)9(8-12)11(14)15/h4,6,8H,2-3,5,7H2,1H3,(H,14,15). The number of carboxylic acid groups (broad SMARTS) is 1. The molecule has 0 atom stereocenters. The van der Waals surface area contributed by atoms with Gasteiger partial charge in [0.15, 0.2) is 5.43 Å². The fourth-order valence-corrected chi connectivity index (χ4v) is 1.37. The van der Waals surface area contributed by atoms with Crippen molar-refractivity contribution in [2.24, 2.45) is 0 Å². The van der Waals surface area contributed by atoms with Crippen LogP contribution in [0, 0.1) is 0 Å². The molecule has 5 heteroatoms. The van der Waals surface area contributed by atoms with E-state index in [0.717, 1.165) is 12.8 Å². The number of aromatic nitrogens is 1. The molecule has 0 saturated carbocycles. The smallest absolute Gasteiger partial charge is 0.341 e. The molecule has 0 aliphatic heterocycles. The van der Waals surface area contributed by atoms with Gasteiger partial charge in [-0.05, 0) is 12.8 Å². The first-order valence-electron chi connectivity index (χ1n) is 5.07. The van der Waals surface area contributed by atoms with E-state index >= 15 is 0 Å². The van der Waals surface area contributed by atoms with Crippen LogP contribution in [-0.2, 0) is 11.3 Å². The Balaban J connectivity index is 2.64. The number of aryl methyl sites for hydroxylation is 1. The first kappa shape index (κ1) is 12.4. The molecule has 0 saturated heterocycles. The molecule has 0 unspecified atom stereocenters. The number of methoxy groups -OCH3 is 1. The summed E-state index contributed by atoms with van der Waals surface area (Å²) in [6.45, 7) is 1.37. The van der Waals surface area contributed by atoms with Gasteiger partial charge in [-0.15, -0.1) is 0 Å². The number of carbonyl (C=O) groups is 1. The van der Waals surface area contributed by atoms with Crippen LogP contribution in [0.4, 0.5) is 0 Å². The largest absolute Gasteiger partial charge is 0.477 e. The summed E-state index contributed by atoms with van der Waals surface area (Å²) in [6.07, 6.45) is 4.76. The molecule has 0 fully saturated rings. The molecule has 0 radical (unpaired) electrons. The highest BCUT2D eigenvalue weighted by Gasteiger charge is 2.07. The molecule has 0 amide bonds. The van der Waals surface area contributed by atoms with Crippen molar-refractivity contribution in [3.05, 3.63) is 34.2 Å². The summed E-state index contributed by atoms with van der Waals surface area (Å²) in [5.74, 6) is -1.18. The molecule has 0 aromatic carbocycles. The van der Waals surface area contributed by atoms with Gasteiger partial charge >= 0.3 is 5.97 Å². The first-order valence-corrected chi connectivity index (χ1v) is 5.07. The van der Waals surface area contributed by atoms with Crippen LogP contribution in [0.1, 0.15) is 23.2 Å². The third kappa shape index (κ3) is 3.51. The predicted octanol–water partition coefficient (Wildman–Crippen LogP) is 0.973. The van der Waals surface area contributed by atoms with E-state index in [2.05, 4.69) is 0 Å². The molecular formula is C11H15NO4. The van der Waals surface area contributed by atoms with Gasteiger partial charge < -0.3 is 14.4 Å². The van der Waals surface area contributed by atoms with Crippen molar-refractivity contribution in [2.75, 3.05) is 13.7 Å². The van der Waals surface area contributed by atoms with Crippen molar-refractivity contribution in [1.29, 1.82) is 0 Å².